The Balaban J connectivity index is 1.10. The van der Waals surface area contributed by atoms with Gasteiger partial charge in [-0.15, -0.1) is 0 Å². The van der Waals surface area contributed by atoms with E-state index in [0.717, 1.165) is 36.8 Å². The van der Waals surface area contributed by atoms with Crippen molar-refractivity contribution in [2.45, 2.75) is 75.4 Å². The fourth-order valence-electron chi connectivity index (χ4n) is 8.17. The summed E-state index contributed by atoms with van der Waals surface area (Å²) in [5.41, 5.74) is 1.82. The number of fused-ring (bicyclic) bond motifs is 3. The third-order valence-electron chi connectivity index (χ3n) is 10.9. The van der Waals surface area contributed by atoms with E-state index in [-0.39, 0.29) is 30.9 Å². The zero-order valence-corrected chi connectivity index (χ0v) is 28.8. The number of urea groups is 1. The number of nitrogen functional groups attached to an aromatic ring is 1. The zero-order valence-electron chi connectivity index (χ0n) is 28.8. The summed E-state index contributed by atoms with van der Waals surface area (Å²) in [6, 6.07) is 6.28. The van der Waals surface area contributed by atoms with Crippen LogP contribution in [0.2, 0.25) is 0 Å². The number of hydrogen-bond acceptors (Lipinski definition) is 6. The van der Waals surface area contributed by atoms with Gasteiger partial charge in [0.15, 0.2) is 0 Å². The molecule has 1 atom stereocenters. The fraction of sp³-hybridized carbons (Fsp3) is 0.500. The molecule has 5 heterocycles. The first-order valence-corrected chi connectivity index (χ1v) is 17.8. The van der Waals surface area contributed by atoms with Crippen molar-refractivity contribution in [1.82, 2.24) is 34.6 Å². The van der Waals surface area contributed by atoms with Crippen molar-refractivity contribution in [2.24, 2.45) is 0 Å². The molecule has 3 aliphatic rings. The van der Waals surface area contributed by atoms with Crippen molar-refractivity contribution in [3.63, 3.8) is 0 Å². The van der Waals surface area contributed by atoms with Gasteiger partial charge in [-0.2, -0.15) is 26.3 Å². The summed E-state index contributed by atoms with van der Waals surface area (Å²) in [6.45, 7) is 2.97. The molecular formula is C36H40F6N8O3. The molecule has 0 spiro atoms. The maximum atomic E-state index is 14.0. The highest BCUT2D eigenvalue weighted by Gasteiger charge is 2.42. The largest absolute Gasteiger partial charge is 0.418 e. The van der Waals surface area contributed by atoms with Crippen LogP contribution in [0.5, 0.6) is 0 Å². The molecule has 3 amide bonds. The monoisotopic (exact) mass is 746 g/mol. The number of para-hydroxylation sites is 1. The van der Waals surface area contributed by atoms with Crippen LogP contribution in [-0.4, -0.2) is 92.5 Å². The maximum absolute atomic E-state index is 14.0. The Labute approximate surface area is 300 Å². The number of pyridine rings is 1. The fourth-order valence-corrected chi connectivity index (χ4v) is 8.17. The summed E-state index contributed by atoms with van der Waals surface area (Å²) in [4.78, 5) is 53.6. The van der Waals surface area contributed by atoms with Crippen molar-refractivity contribution in [1.29, 1.82) is 0 Å². The van der Waals surface area contributed by atoms with Gasteiger partial charge in [-0.3, -0.25) is 14.3 Å². The van der Waals surface area contributed by atoms with Gasteiger partial charge < -0.3 is 30.7 Å². The first-order chi connectivity index (χ1) is 25.2. The van der Waals surface area contributed by atoms with Crippen LogP contribution in [0.3, 0.4) is 0 Å². The maximum Gasteiger partial charge on any atom is 0.418 e. The van der Waals surface area contributed by atoms with Crippen molar-refractivity contribution in [2.75, 3.05) is 45.0 Å². The number of nitrogens with zero attached hydrogens (tertiary/aromatic N) is 5. The highest BCUT2D eigenvalue weighted by atomic mass is 19.4. The lowest BCUT2D eigenvalue weighted by atomic mass is 9.96. The van der Waals surface area contributed by atoms with Crippen LogP contribution in [0.15, 0.2) is 47.4 Å². The Morgan fingerprint density at radius 3 is 2.08 bits per heavy atom. The number of alkyl halides is 6. The first kappa shape index (κ1) is 36.6. The summed E-state index contributed by atoms with van der Waals surface area (Å²) in [6.07, 6.45) is -5.11. The molecule has 7 rings (SSSR count). The summed E-state index contributed by atoms with van der Waals surface area (Å²) in [7, 11) is 0. The number of H-pyrrole nitrogens is 1. The summed E-state index contributed by atoms with van der Waals surface area (Å²) < 4.78 is 84.9. The molecule has 4 aromatic rings. The van der Waals surface area contributed by atoms with E-state index < -0.39 is 59.1 Å². The molecule has 53 heavy (non-hydrogen) atoms. The average Bonchev–Trinajstić information content (AvgIpc) is 3.79. The van der Waals surface area contributed by atoms with Crippen molar-refractivity contribution in [3.05, 3.63) is 69.8 Å². The molecule has 3 aliphatic heterocycles. The van der Waals surface area contributed by atoms with Crippen molar-refractivity contribution in [3.8, 4) is 0 Å². The van der Waals surface area contributed by atoms with Crippen LogP contribution in [0.1, 0.15) is 61.3 Å². The van der Waals surface area contributed by atoms with Gasteiger partial charge in [0.05, 0.1) is 39.6 Å². The number of likely N-dealkylation sites (tertiary alicyclic amines) is 3. The Morgan fingerprint density at radius 1 is 0.868 bits per heavy atom. The SMILES string of the molecule is Nc1c(C(F)(F)F)cc(CC(NC(=O)N2CCC(n3c(=O)[nH]c4c5ccccc5ncc43)CC2)C(=O)N2CCC(N3CCCC3)CC2)cc1C(F)(F)F. The Bertz CT molecular complexity index is 2020. The number of aromatic nitrogens is 3. The van der Waals surface area contributed by atoms with Gasteiger partial charge in [-0.05, 0) is 75.4 Å². The summed E-state index contributed by atoms with van der Waals surface area (Å²) in [5, 5.41) is 3.44. The number of aromatic amines is 1. The number of hydrogen-bond donors (Lipinski definition) is 3. The molecular weight excluding hydrogens is 706 g/mol. The van der Waals surface area contributed by atoms with Gasteiger partial charge in [-0.1, -0.05) is 18.2 Å². The minimum absolute atomic E-state index is 0.178. The Morgan fingerprint density at radius 2 is 1.45 bits per heavy atom. The second kappa shape index (κ2) is 14.2. The molecule has 0 bridgehead atoms. The third-order valence-corrected chi connectivity index (χ3v) is 10.9. The van der Waals surface area contributed by atoms with Gasteiger partial charge in [0.2, 0.25) is 5.91 Å². The van der Waals surface area contributed by atoms with E-state index in [1.54, 1.807) is 10.8 Å². The number of imidazole rings is 1. The predicted octanol–water partition coefficient (Wildman–Crippen LogP) is 5.54. The summed E-state index contributed by atoms with van der Waals surface area (Å²) in [5.74, 6) is -0.586. The normalized spacial score (nSPS) is 19.0. The quantitative estimate of drug-likeness (QED) is 0.175. The lowest BCUT2D eigenvalue weighted by Gasteiger charge is -2.38. The number of nitrogens with two attached hydrogens (primary N) is 1. The molecule has 3 fully saturated rings. The minimum atomic E-state index is -5.19. The topological polar surface area (TPSA) is 133 Å². The van der Waals surface area contributed by atoms with Crippen molar-refractivity contribution < 1.29 is 35.9 Å². The van der Waals surface area contributed by atoms with Gasteiger partial charge in [0.25, 0.3) is 0 Å². The van der Waals surface area contributed by atoms with Crippen LogP contribution in [0.25, 0.3) is 21.9 Å². The van der Waals surface area contributed by atoms with E-state index in [9.17, 15) is 40.7 Å². The molecule has 4 N–H and O–H groups in total. The Hall–Kier alpha value is -4.80. The number of halogens is 6. The second-order valence-corrected chi connectivity index (χ2v) is 14.2. The van der Waals surface area contributed by atoms with Gasteiger partial charge in [0, 0.05) is 50.1 Å². The standard InChI is InChI=1S/C36H40F6N8O3/c37-35(38,39)25-17-21(18-26(30(25)43)36(40,41)42)19-28(32(51)48-13-7-22(8-14-48)47-11-3-4-12-47)45-33(52)49-15-9-23(10-16-49)50-29-20-44-27-6-2-1-5-24(27)31(29)46-34(50)53/h1-2,5-6,17-18,20,22-23,28H,3-4,7-16,19,43H2,(H,45,52)(H,46,53). The van der Waals surface area contributed by atoms with Gasteiger partial charge >= 0.3 is 24.1 Å². The second-order valence-electron chi connectivity index (χ2n) is 14.2. The molecule has 0 aliphatic carbocycles. The van der Waals surface area contributed by atoms with Crippen LogP contribution in [0.4, 0.5) is 36.8 Å². The molecule has 3 saturated heterocycles. The highest BCUT2D eigenvalue weighted by molar-refractivity contribution is 6.01. The summed E-state index contributed by atoms with van der Waals surface area (Å²) >= 11 is 0. The number of carbonyl (C=O) groups excluding carboxylic acids is 2. The number of nitrogens with one attached hydrogen (secondary N) is 2. The first-order valence-electron chi connectivity index (χ1n) is 17.8. The lowest BCUT2D eigenvalue weighted by Crippen LogP contribution is -2.56. The third kappa shape index (κ3) is 7.39. The Kier molecular flexibility index (Phi) is 9.80. The van der Waals surface area contributed by atoms with Gasteiger partial charge in [-0.25, -0.2) is 9.59 Å². The smallest absolute Gasteiger partial charge is 0.398 e. The van der Waals surface area contributed by atoms with E-state index >= 15 is 0 Å². The van der Waals surface area contributed by atoms with E-state index in [4.69, 9.17) is 5.73 Å². The molecule has 2 aromatic heterocycles. The van der Waals surface area contributed by atoms with Gasteiger partial charge in [0.1, 0.15) is 6.04 Å². The van der Waals surface area contributed by atoms with E-state index in [1.165, 1.54) is 9.80 Å². The molecule has 11 nitrogen and oxygen atoms in total. The highest BCUT2D eigenvalue weighted by Crippen LogP contribution is 2.42. The van der Waals surface area contributed by atoms with E-state index in [1.807, 2.05) is 24.3 Å². The minimum Gasteiger partial charge on any atom is -0.398 e. The predicted molar refractivity (Wildman–Crippen MR) is 185 cm³/mol. The van der Waals surface area contributed by atoms with Crippen LogP contribution >= 0.6 is 0 Å². The number of amides is 3. The molecule has 2 aromatic carbocycles. The van der Waals surface area contributed by atoms with Crippen LogP contribution in [0, 0.1) is 0 Å². The van der Waals surface area contributed by atoms with Crippen LogP contribution < -0.4 is 16.7 Å². The molecule has 284 valence electrons. The van der Waals surface area contributed by atoms with E-state index in [2.05, 4.69) is 20.2 Å². The molecule has 1 unspecified atom stereocenters. The number of anilines is 1. The average molecular weight is 747 g/mol. The van der Waals surface area contributed by atoms with E-state index in [0.29, 0.717) is 61.9 Å². The number of rotatable bonds is 6. The van der Waals surface area contributed by atoms with Crippen molar-refractivity contribution >= 4 is 39.6 Å². The number of piperidine rings is 2. The molecule has 17 heteroatoms. The lowest BCUT2D eigenvalue weighted by molar-refractivity contribution is -0.141. The zero-order chi connectivity index (χ0) is 37.7. The molecule has 0 saturated carbocycles. The van der Waals surface area contributed by atoms with Crippen LogP contribution in [-0.2, 0) is 23.6 Å². The molecule has 0 radical (unpaired) electrons. The number of benzene rings is 2. The number of carbonyl (C=O) groups is 2.